The molecule has 1 saturated heterocycles. The number of fused-ring (bicyclic) bond motifs is 1. The van der Waals surface area contributed by atoms with E-state index in [0.717, 1.165) is 68.3 Å². The summed E-state index contributed by atoms with van der Waals surface area (Å²) < 4.78 is 5.92. The molecule has 1 N–H and O–H groups in total. The van der Waals surface area contributed by atoms with E-state index in [2.05, 4.69) is 46.2 Å². The molecule has 0 aliphatic carbocycles. The molecule has 0 spiro atoms. The van der Waals surface area contributed by atoms with Gasteiger partial charge in [0.25, 0.3) is 0 Å². The van der Waals surface area contributed by atoms with Crippen molar-refractivity contribution in [1.82, 2.24) is 9.80 Å². The summed E-state index contributed by atoms with van der Waals surface area (Å²) in [6.07, 6.45) is 5.31. The number of piperazine rings is 1. The van der Waals surface area contributed by atoms with Gasteiger partial charge in [0, 0.05) is 49.4 Å². The molecule has 0 saturated carbocycles. The van der Waals surface area contributed by atoms with E-state index >= 15 is 0 Å². The number of aliphatic hydroxyl groups excluding tert-OH is 1. The van der Waals surface area contributed by atoms with Crippen molar-refractivity contribution in [3.63, 3.8) is 0 Å². The lowest BCUT2D eigenvalue weighted by Crippen LogP contribution is -2.54. The summed E-state index contributed by atoms with van der Waals surface area (Å²) in [7, 11) is 0. The maximum atomic E-state index is 9.59. The highest BCUT2D eigenvalue weighted by Gasteiger charge is 2.27. The minimum atomic E-state index is 0.241. The lowest BCUT2D eigenvalue weighted by Gasteiger charge is -2.42. The van der Waals surface area contributed by atoms with E-state index in [1.54, 1.807) is 0 Å². The molecule has 2 aromatic carbocycles. The first-order valence-electron chi connectivity index (χ1n) is 10.9. The molecule has 1 unspecified atom stereocenters. The number of aliphatic hydroxyl groups is 1. The van der Waals surface area contributed by atoms with Gasteiger partial charge in [-0.1, -0.05) is 41.9 Å². The van der Waals surface area contributed by atoms with E-state index in [4.69, 9.17) is 16.3 Å². The van der Waals surface area contributed by atoms with E-state index in [9.17, 15) is 5.11 Å². The quantitative estimate of drug-likeness (QED) is 0.688. The zero-order valence-electron chi connectivity index (χ0n) is 17.5. The summed E-state index contributed by atoms with van der Waals surface area (Å²) in [6, 6.07) is 16.9. The molecule has 30 heavy (non-hydrogen) atoms. The van der Waals surface area contributed by atoms with Gasteiger partial charge >= 0.3 is 0 Å². The molecule has 2 aromatic rings. The summed E-state index contributed by atoms with van der Waals surface area (Å²) in [5.74, 6) is 0.907. The monoisotopic (exact) mass is 426 g/mol. The molecule has 2 aliphatic rings. The summed E-state index contributed by atoms with van der Waals surface area (Å²) in [4.78, 5) is 5.06. The number of hydrogen-bond donors (Lipinski definition) is 1. The first-order chi connectivity index (χ1) is 14.7. The first-order valence-corrected chi connectivity index (χ1v) is 11.3. The molecule has 0 aromatic heterocycles. The second-order valence-electron chi connectivity index (χ2n) is 8.30. The molecule has 0 amide bonds. The Labute approximate surface area is 184 Å². The second kappa shape index (κ2) is 10.5. The normalized spacial score (nSPS) is 19.8. The van der Waals surface area contributed by atoms with Crippen molar-refractivity contribution in [3.05, 3.63) is 70.3 Å². The van der Waals surface area contributed by atoms with Crippen LogP contribution in [0.15, 0.2) is 54.1 Å². The van der Waals surface area contributed by atoms with E-state index in [-0.39, 0.29) is 6.61 Å². The molecule has 2 aliphatic heterocycles. The van der Waals surface area contributed by atoms with Gasteiger partial charge in [-0.25, -0.2) is 0 Å². The van der Waals surface area contributed by atoms with Crippen LogP contribution in [0.5, 0.6) is 5.75 Å². The third kappa shape index (κ3) is 5.64. The Kier molecular flexibility index (Phi) is 7.45. The Hall–Kier alpha value is -1.85. The fourth-order valence-corrected chi connectivity index (χ4v) is 4.70. The van der Waals surface area contributed by atoms with Crippen LogP contribution in [0, 0.1) is 0 Å². The Morgan fingerprint density at radius 1 is 1.10 bits per heavy atom. The van der Waals surface area contributed by atoms with Crippen molar-refractivity contribution in [2.45, 2.75) is 25.3 Å². The molecular formula is C25H31ClN2O2. The molecule has 2 heterocycles. The second-order valence-corrected chi connectivity index (χ2v) is 8.74. The molecule has 0 bridgehead atoms. The number of halogens is 1. The lowest BCUT2D eigenvalue weighted by molar-refractivity contribution is 0.0622. The van der Waals surface area contributed by atoms with Crippen molar-refractivity contribution in [2.24, 2.45) is 0 Å². The Bertz CT molecular complexity index is 855. The van der Waals surface area contributed by atoms with E-state index in [1.807, 2.05) is 18.2 Å². The summed E-state index contributed by atoms with van der Waals surface area (Å²) >= 11 is 6.14. The highest BCUT2D eigenvalue weighted by Crippen LogP contribution is 2.29. The number of ether oxygens (including phenoxy) is 1. The topological polar surface area (TPSA) is 35.9 Å². The van der Waals surface area contributed by atoms with Gasteiger partial charge in [0.05, 0.1) is 0 Å². The van der Waals surface area contributed by atoms with Gasteiger partial charge in [-0.2, -0.15) is 0 Å². The zero-order chi connectivity index (χ0) is 20.8. The van der Waals surface area contributed by atoms with Gasteiger partial charge in [0.1, 0.15) is 12.4 Å². The van der Waals surface area contributed by atoms with Crippen LogP contribution in [0.3, 0.4) is 0 Å². The van der Waals surface area contributed by atoms with Crippen molar-refractivity contribution in [3.8, 4) is 5.75 Å². The summed E-state index contributed by atoms with van der Waals surface area (Å²) in [6.45, 7) is 5.97. The van der Waals surface area contributed by atoms with Crippen molar-refractivity contribution < 1.29 is 9.84 Å². The van der Waals surface area contributed by atoms with Crippen LogP contribution in [0.4, 0.5) is 0 Å². The van der Waals surface area contributed by atoms with Gasteiger partial charge < -0.3 is 9.84 Å². The predicted molar refractivity (Wildman–Crippen MR) is 123 cm³/mol. The van der Waals surface area contributed by atoms with Crippen molar-refractivity contribution in [2.75, 3.05) is 45.9 Å². The van der Waals surface area contributed by atoms with Crippen LogP contribution in [0.25, 0.3) is 6.08 Å². The highest BCUT2D eigenvalue weighted by molar-refractivity contribution is 6.30. The highest BCUT2D eigenvalue weighted by atomic mass is 35.5. The number of aryl methyl sites for hydroxylation is 1. The first kappa shape index (κ1) is 21.4. The molecule has 5 heteroatoms. The average Bonchev–Trinajstić information content (AvgIpc) is 2.76. The number of hydrogen-bond acceptors (Lipinski definition) is 4. The van der Waals surface area contributed by atoms with Gasteiger partial charge in [0.15, 0.2) is 0 Å². The van der Waals surface area contributed by atoms with Crippen LogP contribution >= 0.6 is 11.6 Å². The zero-order valence-corrected chi connectivity index (χ0v) is 18.2. The molecule has 4 nitrogen and oxygen atoms in total. The third-order valence-electron chi connectivity index (χ3n) is 6.08. The molecule has 1 fully saturated rings. The molecule has 160 valence electrons. The van der Waals surface area contributed by atoms with Crippen LogP contribution in [-0.4, -0.2) is 66.9 Å². The smallest absolute Gasteiger partial charge is 0.127 e. The Morgan fingerprint density at radius 2 is 1.97 bits per heavy atom. The van der Waals surface area contributed by atoms with E-state index in [1.165, 1.54) is 11.1 Å². The van der Waals surface area contributed by atoms with Crippen molar-refractivity contribution in [1.29, 1.82) is 0 Å². The summed E-state index contributed by atoms with van der Waals surface area (Å²) in [5, 5.41) is 10.3. The molecule has 1 atom stereocenters. The standard InChI is InChI=1S/C25H31ClN2O2/c26-23-8-9-25-22(16-23)15-21(19-30-25)17-27-12-13-28(24(18-27)10-14-29)11-4-7-20-5-2-1-3-6-20/h1-3,5-6,8-9,15-16,24,29H,4,7,10-14,17-19H2. The minimum Gasteiger partial charge on any atom is -0.489 e. The maximum absolute atomic E-state index is 9.59. The number of benzene rings is 2. The summed E-state index contributed by atoms with van der Waals surface area (Å²) in [5.41, 5.74) is 3.75. The van der Waals surface area contributed by atoms with Gasteiger partial charge in [-0.3, -0.25) is 9.80 Å². The SMILES string of the molecule is OCCC1CN(CC2=Cc3cc(Cl)ccc3OC2)CCN1CCCc1ccccc1. The van der Waals surface area contributed by atoms with Crippen LogP contribution in [0.2, 0.25) is 5.02 Å². The van der Waals surface area contributed by atoms with Gasteiger partial charge in [0.2, 0.25) is 0 Å². The van der Waals surface area contributed by atoms with E-state index < -0.39 is 0 Å². The largest absolute Gasteiger partial charge is 0.489 e. The average molecular weight is 427 g/mol. The minimum absolute atomic E-state index is 0.241. The number of rotatable bonds is 8. The fraction of sp³-hybridized carbons (Fsp3) is 0.440. The van der Waals surface area contributed by atoms with Gasteiger partial charge in [-0.05, 0) is 61.2 Å². The van der Waals surface area contributed by atoms with Crippen LogP contribution in [-0.2, 0) is 6.42 Å². The Balaban J connectivity index is 1.31. The third-order valence-corrected chi connectivity index (χ3v) is 6.31. The van der Waals surface area contributed by atoms with Crippen LogP contribution < -0.4 is 4.74 Å². The lowest BCUT2D eigenvalue weighted by atomic mass is 10.0. The number of nitrogens with zero attached hydrogens (tertiary/aromatic N) is 2. The van der Waals surface area contributed by atoms with E-state index in [0.29, 0.717) is 12.6 Å². The predicted octanol–water partition coefficient (Wildman–Crippen LogP) is 4.12. The molecule has 0 radical (unpaired) electrons. The fourth-order valence-electron chi connectivity index (χ4n) is 4.52. The Morgan fingerprint density at radius 3 is 2.80 bits per heavy atom. The van der Waals surface area contributed by atoms with Crippen molar-refractivity contribution >= 4 is 17.7 Å². The molecule has 4 rings (SSSR count). The maximum Gasteiger partial charge on any atom is 0.127 e. The van der Waals surface area contributed by atoms with Crippen LogP contribution in [0.1, 0.15) is 24.0 Å². The molecular weight excluding hydrogens is 396 g/mol. The van der Waals surface area contributed by atoms with Gasteiger partial charge in [-0.15, -0.1) is 0 Å².